The van der Waals surface area contributed by atoms with Crippen molar-refractivity contribution >= 4 is 11.6 Å². The minimum atomic E-state index is 0.215. The van der Waals surface area contributed by atoms with Crippen molar-refractivity contribution in [1.29, 1.82) is 0 Å². The Morgan fingerprint density at radius 2 is 1.91 bits per heavy atom. The van der Waals surface area contributed by atoms with Crippen molar-refractivity contribution in [3.8, 4) is 0 Å². The summed E-state index contributed by atoms with van der Waals surface area (Å²) in [5, 5.41) is 0. The average molecular weight is 303 g/mol. The van der Waals surface area contributed by atoms with Gasteiger partial charge in [0, 0.05) is 37.9 Å². The molecule has 0 saturated carbocycles. The molecule has 3 rings (SSSR count). The predicted molar refractivity (Wildman–Crippen MR) is 86.5 cm³/mol. The summed E-state index contributed by atoms with van der Waals surface area (Å²) in [5.41, 5.74) is 7.45. The number of amides is 1. The molecule has 120 valence electrons. The van der Waals surface area contributed by atoms with Crippen molar-refractivity contribution in [2.75, 3.05) is 45.1 Å². The number of hydrogen-bond donors (Lipinski definition) is 1. The van der Waals surface area contributed by atoms with Gasteiger partial charge in [-0.25, -0.2) is 0 Å². The highest BCUT2D eigenvalue weighted by Gasteiger charge is 2.36. The zero-order valence-electron chi connectivity index (χ0n) is 13.2. The lowest BCUT2D eigenvalue weighted by Crippen LogP contribution is -2.47. The Labute approximate surface area is 132 Å². The van der Waals surface area contributed by atoms with Crippen molar-refractivity contribution in [2.24, 2.45) is 5.92 Å². The van der Waals surface area contributed by atoms with Crippen LogP contribution in [0.15, 0.2) is 24.3 Å². The van der Waals surface area contributed by atoms with E-state index in [4.69, 9.17) is 10.5 Å². The molecule has 0 aromatic heterocycles. The van der Waals surface area contributed by atoms with Crippen molar-refractivity contribution < 1.29 is 9.53 Å². The second-order valence-electron chi connectivity index (χ2n) is 6.41. The highest BCUT2D eigenvalue weighted by molar-refractivity contribution is 5.79. The molecule has 1 aromatic carbocycles. The molecule has 5 heteroatoms. The number of anilines is 1. The number of nitrogens with zero attached hydrogens (tertiary/aromatic N) is 2. The highest BCUT2D eigenvalue weighted by atomic mass is 16.5. The molecule has 0 radical (unpaired) electrons. The monoisotopic (exact) mass is 303 g/mol. The van der Waals surface area contributed by atoms with Crippen LogP contribution in [0.5, 0.6) is 0 Å². The van der Waals surface area contributed by atoms with Crippen molar-refractivity contribution in [3.05, 3.63) is 29.8 Å². The lowest BCUT2D eigenvalue weighted by Gasteiger charge is -2.34. The van der Waals surface area contributed by atoms with E-state index in [0.717, 1.165) is 50.6 Å². The summed E-state index contributed by atoms with van der Waals surface area (Å²) in [7, 11) is 0. The van der Waals surface area contributed by atoms with Gasteiger partial charge in [-0.15, -0.1) is 0 Å². The summed E-state index contributed by atoms with van der Waals surface area (Å²) >= 11 is 0. The van der Waals surface area contributed by atoms with Gasteiger partial charge in [0.2, 0.25) is 5.91 Å². The van der Waals surface area contributed by atoms with E-state index in [0.29, 0.717) is 18.4 Å². The molecule has 0 spiro atoms. The Bertz CT molecular complexity index is 511. The third-order valence-corrected chi connectivity index (χ3v) is 4.78. The number of carbonyl (C=O) groups excluding carboxylic acids is 1. The summed E-state index contributed by atoms with van der Waals surface area (Å²) in [6.45, 7) is 7.52. The molecule has 2 atom stereocenters. The molecule has 1 amide bonds. The summed E-state index contributed by atoms with van der Waals surface area (Å²) in [6.07, 6.45) is 0.461. The Kier molecular flexibility index (Phi) is 4.64. The largest absolute Gasteiger partial charge is 0.399 e. The van der Waals surface area contributed by atoms with Gasteiger partial charge in [-0.05, 0) is 23.6 Å². The highest BCUT2D eigenvalue weighted by Crippen LogP contribution is 2.23. The Hall–Kier alpha value is -1.59. The third-order valence-electron chi connectivity index (χ3n) is 4.78. The molecule has 2 fully saturated rings. The van der Waals surface area contributed by atoms with Gasteiger partial charge < -0.3 is 15.4 Å². The van der Waals surface area contributed by atoms with Crippen molar-refractivity contribution in [2.45, 2.75) is 19.4 Å². The van der Waals surface area contributed by atoms with E-state index in [1.807, 2.05) is 29.2 Å². The summed E-state index contributed by atoms with van der Waals surface area (Å²) < 4.78 is 5.43. The summed E-state index contributed by atoms with van der Waals surface area (Å²) in [6, 6.07) is 8.05. The minimum absolute atomic E-state index is 0.215. The molecule has 0 aliphatic carbocycles. The van der Waals surface area contributed by atoms with E-state index in [1.165, 1.54) is 0 Å². The normalized spacial score (nSPS) is 26.3. The van der Waals surface area contributed by atoms with E-state index >= 15 is 0 Å². The van der Waals surface area contributed by atoms with Crippen LogP contribution in [-0.2, 0) is 16.0 Å². The molecule has 2 N–H and O–H groups in total. The number of ether oxygens (including phenoxy) is 1. The average Bonchev–Trinajstić information content (AvgIpc) is 2.92. The first-order chi connectivity index (χ1) is 10.6. The molecule has 5 nitrogen and oxygen atoms in total. The fourth-order valence-electron chi connectivity index (χ4n) is 3.46. The molecular formula is C17H25N3O2. The molecule has 0 bridgehead atoms. The molecule has 22 heavy (non-hydrogen) atoms. The van der Waals surface area contributed by atoms with Gasteiger partial charge in [0.05, 0.1) is 19.6 Å². The van der Waals surface area contributed by atoms with Gasteiger partial charge >= 0.3 is 0 Å². The number of nitrogen functional groups attached to an aromatic ring is 1. The lowest BCUT2D eigenvalue weighted by molar-refractivity contribution is -0.129. The fraction of sp³-hybridized carbons (Fsp3) is 0.588. The van der Waals surface area contributed by atoms with Crippen LogP contribution in [-0.4, -0.2) is 61.1 Å². The smallest absolute Gasteiger partial charge is 0.227 e. The predicted octanol–water partition coefficient (Wildman–Crippen LogP) is 0.990. The molecule has 2 aliphatic heterocycles. The molecule has 2 aliphatic rings. The van der Waals surface area contributed by atoms with Crippen molar-refractivity contribution in [3.63, 3.8) is 0 Å². The van der Waals surface area contributed by atoms with E-state index in [1.54, 1.807) is 0 Å². The van der Waals surface area contributed by atoms with Gasteiger partial charge in [-0.2, -0.15) is 0 Å². The molecule has 1 aromatic rings. The lowest BCUT2D eigenvalue weighted by atomic mass is 10.0. The molecular weight excluding hydrogens is 278 g/mol. The second kappa shape index (κ2) is 6.67. The fourth-order valence-corrected chi connectivity index (χ4v) is 3.46. The Morgan fingerprint density at radius 3 is 2.59 bits per heavy atom. The maximum absolute atomic E-state index is 12.5. The summed E-state index contributed by atoms with van der Waals surface area (Å²) in [4.78, 5) is 17.0. The first kappa shape index (κ1) is 15.3. The van der Waals surface area contributed by atoms with Gasteiger partial charge in [0.15, 0.2) is 0 Å². The van der Waals surface area contributed by atoms with Crippen LogP contribution in [0.2, 0.25) is 0 Å². The standard InChI is InChI=1S/C17H25N3O2/c1-13-11-20(12-16(13)19-6-8-22-9-7-19)17(21)10-14-2-4-15(18)5-3-14/h2-5,13,16H,6-12,18H2,1H3. The number of benzene rings is 1. The number of rotatable bonds is 3. The minimum Gasteiger partial charge on any atom is -0.399 e. The van der Waals surface area contributed by atoms with E-state index in [9.17, 15) is 4.79 Å². The first-order valence-electron chi connectivity index (χ1n) is 8.07. The van der Waals surface area contributed by atoms with Crippen LogP contribution in [0.4, 0.5) is 5.69 Å². The molecule has 2 unspecified atom stereocenters. The second-order valence-corrected chi connectivity index (χ2v) is 6.41. The Balaban J connectivity index is 1.58. The van der Waals surface area contributed by atoms with E-state index < -0.39 is 0 Å². The van der Waals surface area contributed by atoms with Gasteiger partial charge in [0.25, 0.3) is 0 Å². The SMILES string of the molecule is CC1CN(C(=O)Cc2ccc(N)cc2)CC1N1CCOCC1. The number of hydrogen-bond acceptors (Lipinski definition) is 4. The summed E-state index contributed by atoms with van der Waals surface area (Å²) in [5.74, 6) is 0.737. The van der Waals surface area contributed by atoms with Crippen LogP contribution in [0, 0.1) is 5.92 Å². The molecule has 2 saturated heterocycles. The number of nitrogens with two attached hydrogens (primary N) is 1. The number of likely N-dealkylation sites (tertiary alicyclic amines) is 1. The van der Waals surface area contributed by atoms with Crippen LogP contribution in [0.3, 0.4) is 0 Å². The van der Waals surface area contributed by atoms with Crippen LogP contribution < -0.4 is 5.73 Å². The zero-order valence-corrected chi connectivity index (χ0v) is 13.2. The van der Waals surface area contributed by atoms with Crippen LogP contribution in [0.1, 0.15) is 12.5 Å². The third kappa shape index (κ3) is 3.42. The van der Waals surface area contributed by atoms with Crippen molar-refractivity contribution in [1.82, 2.24) is 9.80 Å². The quantitative estimate of drug-likeness (QED) is 0.846. The first-order valence-corrected chi connectivity index (χ1v) is 8.07. The van der Waals surface area contributed by atoms with Gasteiger partial charge in [-0.3, -0.25) is 9.69 Å². The van der Waals surface area contributed by atoms with E-state index in [2.05, 4.69) is 11.8 Å². The van der Waals surface area contributed by atoms with E-state index in [-0.39, 0.29) is 5.91 Å². The maximum Gasteiger partial charge on any atom is 0.227 e. The molecule has 2 heterocycles. The number of morpholine rings is 1. The van der Waals surface area contributed by atoms with Crippen LogP contribution in [0.25, 0.3) is 0 Å². The van der Waals surface area contributed by atoms with Gasteiger partial charge in [-0.1, -0.05) is 19.1 Å². The van der Waals surface area contributed by atoms with Crippen LogP contribution >= 0.6 is 0 Å². The zero-order chi connectivity index (χ0) is 15.5. The van der Waals surface area contributed by atoms with Gasteiger partial charge in [0.1, 0.15) is 0 Å². The topological polar surface area (TPSA) is 58.8 Å². The Morgan fingerprint density at radius 1 is 1.23 bits per heavy atom. The maximum atomic E-state index is 12.5. The number of carbonyl (C=O) groups is 1.